The SMILES string of the molecule is O=C(O)C[C@H](NC(=O)CCc1ccccc1)c1ccc2c(c1)OCO2. The van der Waals surface area contributed by atoms with Crippen LogP contribution in [0.15, 0.2) is 48.5 Å². The summed E-state index contributed by atoms with van der Waals surface area (Å²) >= 11 is 0. The van der Waals surface area contributed by atoms with Crippen molar-refractivity contribution in [2.45, 2.75) is 25.3 Å². The van der Waals surface area contributed by atoms with Crippen LogP contribution in [0.3, 0.4) is 0 Å². The zero-order valence-electron chi connectivity index (χ0n) is 13.6. The van der Waals surface area contributed by atoms with Crippen molar-refractivity contribution in [2.75, 3.05) is 6.79 Å². The van der Waals surface area contributed by atoms with E-state index in [1.54, 1.807) is 18.2 Å². The van der Waals surface area contributed by atoms with Crippen LogP contribution in [0, 0.1) is 0 Å². The zero-order valence-corrected chi connectivity index (χ0v) is 13.6. The van der Waals surface area contributed by atoms with E-state index >= 15 is 0 Å². The van der Waals surface area contributed by atoms with Gasteiger partial charge in [0.25, 0.3) is 0 Å². The molecular weight excluding hydrogens is 322 g/mol. The topological polar surface area (TPSA) is 84.9 Å². The summed E-state index contributed by atoms with van der Waals surface area (Å²) in [6, 6.07) is 14.3. The molecule has 1 aliphatic heterocycles. The lowest BCUT2D eigenvalue weighted by Gasteiger charge is -2.18. The first kappa shape index (κ1) is 16.8. The van der Waals surface area contributed by atoms with Crippen LogP contribution in [0.25, 0.3) is 0 Å². The van der Waals surface area contributed by atoms with Crippen molar-refractivity contribution >= 4 is 11.9 Å². The zero-order chi connectivity index (χ0) is 17.6. The number of aryl methyl sites for hydroxylation is 1. The van der Waals surface area contributed by atoms with E-state index in [-0.39, 0.29) is 19.1 Å². The summed E-state index contributed by atoms with van der Waals surface area (Å²) < 4.78 is 10.6. The molecule has 1 aliphatic rings. The molecule has 0 unspecified atom stereocenters. The van der Waals surface area contributed by atoms with E-state index in [2.05, 4.69) is 5.32 Å². The van der Waals surface area contributed by atoms with Gasteiger partial charge in [0.05, 0.1) is 12.5 Å². The van der Waals surface area contributed by atoms with E-state index in [0.29, 0.717) is 29.9 Å². The molecule has 0 aliphatic carbocycles. The molecule has 2 aromatic carbocycles. The Hall–Kier alpha value is -3.02. The number of carbonyl (C=O) groups excluding carboxylic acids is 1. The number of hydrogen-bond acceptors (Lipinski definition) is 4. The minimum Gasteiger partial charge on any atom is -0.481 e. The lowest BCUT2D eigenvalue weighted by molar-refractivity contribution is -0.137. The highest BCUT2D eigenvalue weighted by atomic mass is 16.7. The quantitative estimate of drug-likeness (QED) is 0.809. The van der Waals surface area contributed by atoms with Gasteiger partial charge in [-0.05, 0) is 29.7 Å². The minimum atomic E-state index is -0.981. The average molecular weight is 341 g/mol. The van der Waals surface area contributed by atoms with E-state index in [1.165, 1.54) is 0 Å². The molecule has 0 radical (unpaired) electrons. The maximum Gasteiger partial charge on any atom is 0.305 e. The number of nitrogens with one attached hydrogen (secondary N) is 1. The Bertz CT molecular complexity index is 760. The second-order valence-electron chi connectivity index (χ2n) is 5.82. The van der Waals surface area contributed by atoms with Crippen LogP contribution < -0.4 is 14.8 Å². The molecule has 2 N–H and O–H groups in total. The van der Waals surface area contributed by atoms with Crippen LogP contribution in [-0.2, 0) is 16.0 Å². The Morgan fingerprint density at radius 3 is 2.60 bits per heavy atom. The molecule has 3 rings (SSSR count). The molecular formula is C19H19NO5. The van der Waals surface area contributed by atoms with Gasteiger partial charge in [-0.3, -0.25) is 9.59 Å². The van der Waals surface area contributed by atoms with Crippen molar-refractivity contribution in [2.24, 2.45) is 0 Å². The second-order valence-corrected chi connectivity index (χ2v) is 5.82. The minimum absolute atomic E-state index is 0.145. The highest BCUT2D eigenvalue weighted by Gasteiger charge is 2.21. The Morgan fingerprint density at radius 2 is 1.84 bits per heavy atom. The van der Waals surface area contributed by atoms with Gasteiger partial charge in [-0.25, -0.2) is 0 Å². The first-order valence-electron chi connectivity index (χ1n) is 8.06. The van der Waals surface area contributed by atoms with Crippen LogP contribution in [-0.4, -0.2) is 23.8 Å². The third-order valence-corrected chi connectivity index (χ3v) is 4.00. The molecule has 1 atom stereocenters. The van der Waals surface area contributed by atoms with Gasteiger partial charge in [0, 0.05) is 6.42 Å². The van der Waals surface area contributed by atoms with E-state index < -0.39 is 12.0 Å². The Morgan fingerprint density at radius 1 is 1.08 bits per heavy atom. The Kier molecular flexibility index (Phi) is 5.18. The number of carboxylic acid groups (broad SMARTS) is 1. The van der Waals surface area contributed by atoms with E-state index in [9.17, 15) is 9.59 Å². The second kappa shape index (κ2) is 7.70. The molecule has 25 heavy (non-hydrogen) atoms. The average Bonchev–Trinajstić information content (AvgIpc) is 3.07. The molecule has 6 heteroatoms. The van der Waals surface area contributed by atoms with Crippen molar-refractivity contribution in [1.82, 2.24) is 5.32 Å². The summed E-state index contributed by atoms with van der Waals surface area (Å²) in [6.45, 7) is 0.145. The number of aliphatic carboxylic acids is 1. The number of carboxylic acids is 1. The van der Waals surface area contributed by atoms with Crippen LogP contribution in [0.5, 0.6) is 11.5 Å². The third-order valence-electron chi connectivity index (χ3n) is 4.00. The number of rotatable bonds is 7. The van der Waals surface area contributed by atoms with Gasteiger partial charge in [-0.2, -0.15) is 0 Å². The lowest BCUT2D eigenvalue weighted by atomic mass is 10.0. The summed E-state index contributed by atoms with van der Waals surface area (Å²) in [6.07, 6.45) is 0.703. The van der Waals surface area contributed by atoms with Crippen molar-refractivity contribution in [3.05, 3.63) is 59.7 Å². The van der Waals surface area contributed by atoms with Crippen LogP contribution in [0.1, 0.15) is 30.0 Å². The molecule has 1 heterocycles. The fourth-order valence-corrected chi connectivity index (χ4v) is 2.73. The number of carbonyl (C=O) groups is 2. The van der Waals surface area contributed by atoms with Crippen molar-refractivity contribution < 1.29 is 24.2 Å². The maximum absolute atomic E-state index is 12.3. The smallest absolute Gasteiger partial charge is 0.305 e. The number of ether oxygens (including phenoxy) is 2. The van der Waals surface area contributed by atoms with Crippen molar-refractivity contribution in [1.29, 1.82) is 0 Å². The van der Waals surface area contributed by atoms with Gasteiger partial charge in [0.15, 0.2) is 11.5 Å². The van der Waals surface area contributed by atoms with Crippen LogP contribution in [0.4, 0.5) is 0 Å². The molecule has 6 nitrogen and oxygen atoms in total. The van der Waals surface area contributed by atoms with Crippen molar-refractivity contribution in [3.63, 3.8) is 0 Å². The largest absolute Gasteiger partial charge is 0.481 e. The van der Waals surface area contributed by atoms with Gasteiger partial charge in [0.1, 0.15) is 0 Å². The fourth-order valence-electron chi connectivity index (χ4n) is 2.73. The predicted molar refractivity (Wildman–Crippen MR) is 90.5 cm³/mol. The van der Waals surface area contributed by atoms with E-state index in [0.717, 1.165) is 5.56 Å². The Balaban J connectivity index is 1.66. The lowest BCUT2D eigenvalue weighted by Crippen LogP contribution is -2.30. The number of amides is 1. The third kappa shape index (κ3) is 4.50. The molecule has 130 valence electrons. The Labute approximate surface area is 145 Å². The monoisotopic (exact) mass is 341 g/mol. The first-order chi connectivity index (χ1) is 12.1. The summed E-state index contributed by atoms with van der Waals surface area (Å²) in [5.74, 6) is 0.0125. The fraction of sp³-hybridized carbons (Fsp3) is 0.263. The first-order valence-corrected chi connectivity index (χ1v) is 8.06. The summed E-state index contributed by atoms with van der Waals surface area (Å²) in [5, 5.41) is 12.0. The molecule has 1 amide bonds. The summed E-state index contributed by atoms with van der Waals surface area (Å²) in [5.41, 5.74) is 1.75. The van der Waals surface area contributed by atoms with Gasteiger partial charge >= 0.3 is 5.97 Å². The highest BCUT2D eigenvalue weighted by Crippen LogP contribution is 2.34. The van der Waals surface area contributed by atoms with Crippen LogP contribution >= 0.6 is 0 Å². The van der Waals surface area contributed by atoms with Gasteiger partial charge < -0.3 is 19.9 Å². The normalized spacial score (nSPS) is 13.3. The number of fused-ring (bicyclic) bond motifs is 1. The molecule has 0 spiro atoms. The molecule has 0 saturated heterocycles. The summed E-state index contributed by atoms with van der Waals surface area (Å²) in [4.78, 5) is 23.4. The van der Waals surface area contributed by atoms with Crippen LogP contribution in [0.2, 0.25) is 0 Å². The standard InChI is InChI=1S/C19H19NO5/c21-18(9-6-13-4-2-1-3-5-13)20-15(11-19(22)23)14-7-8-16-17(10-14)25-12-24-16/h1-5,7-8,10,15H,6,9,11-12H2,(H,20,21)(H,22,23)/t15-/m0/s1. The van der Waals surface area contributed by atoms with Crippen molar-refractivity contribution in [3.8, 4) is 11.5 Å². The maximum atomic E-state index is 12.3. The van der Waals surface area contributed by atoms with E-state index in [4.69, 9.17) is 14.6 Å². The molecule has 0 aromatic heterocycles. The summed E-state index contributed by atoms with van der Waals surface area (Å²) in [7, 11) is 0. The molecule has 0 saturated carbocycles. The number of benzene rings is 2. The number of hydrogen-bond donors (Lipinski definition) is 2. The van der Waals surface area contributed by atoms with Gasteiger partial charge in [-0.1, -0.05) is 36.4 Å². The molecule has 0 fully saturated rings. The van der Waals surface area contributed by atoms with Gasteiger partial charge in [-0.15, -0.1) is 0 Å². The predicted octanol–water partition coefficient (Wildman–Crippen LogP) is 2.68. The van der Waals surface area contributed by atoms with E-state index in [1.807, 2.05) is 30.3 Å². The van der Waals surface area contributed by atoms with Gasteiger partial charge in [0.2, 0.25) is 12.7 Å². The molecule has 0 bridgehead atoms. The molecule has 2 aromatic rings. The highest BCUT2D eigenvalue weighted by molar-refractivity contribution is 5.78.